The van der Waals surface area contributed by atoms with Crippen LogP contribution >= 0.6 is 11.6 Å². The molecule has 0 N–H and O–H groups in total. The molecule has 0 saturated heterocycles. The quantitative estimate of drug-likeness (QED) is 0.775. The second-order valence-electron chi connectivity index (χ2n) is 4.77. The number of aromatic nitrogens is 2. The first kappa shape index (κ1) is 12.8. The first-order valence-electron chi connectivity index (χ1n) is 6.14. The molecule has 0 amide bonds. The van der Waals surface area contributed by atoms with Gasteiger partial charge >= 0.3 is 6.18 Å². The highest BCUT2D eigenvalue weighted by atomic mass is 35.5. The van der Waals surface area contributed by atoms with Gasteiger partial charge in [-0.05, 0) is 31.0 Å². The van der Waals surface area contributed by atoms with Gasteiger partial charge in [0.05, 0.1) is 16.6 Å². The number of aryl methyl sites for hydroxylation is 1. The molecule has 1 aromatic carbocycles. The molecule has 0 bridgehead atoms. The molecule has 0 unspecified atom stereocenters. The van der Waals surface area contributed by atoms with Crippen LogP contribution in [0, 0.1) is 0 Å². The van der Waals surface area contributed by atoms with Crippen molar-refractivity contribution in [3.05, 3.63) is 29.6 Å². The van der Waals surface area contributed by atoms with E-state index in [-0.39, 0.29) is 0 Å². The number of rotatable bonds is 3. The maximum absolute atomic E-state index is 12.7. The van der Waals surface area contributed by atoms with Gasteiger partial charge in [0.25, 0.3) is 0 Å². The number of hydrogen-bond acceptors (Lipinski definition) is 1. The van der Waals surface area contributed by atoms with Crippen LogP contribution in [0.5, 0.6) is 0 Å². The number of hydrogen-bond donors (Lipinski definition) is 0. The summed E-state index contributed by atoms with van der Waals surface area (Å²) >= 11 is 5.73. The van der Waals surface area contributed by atoms with Crippen LogP contribution in [0.2, 0.25) is 0 Å². The van der Waals surface area contributed by atoms with Gasteiger partial charge in [-0.15, -0.1) is 11.6 Å². The predicted octanol–water partition coefficient (Wildman–Crippen LogP) is 4.17. The van der Waals surface area contributed by atoms with Crippen LogP contribution in [0.15, 0.2) is 18.2 Å². The molecule has 0 spiro atoms. The van der Waals surface area contributed by atoms with E-state index in [4.69, 9.17) is 11.6 Å². The standard InChI is InChI=1S/C13H12ClF3N2/c14-6-5-12-18-10-7-8(13(15,16)17)1-4-11(10)19(12)9-2-3-9/h1,4,7,9H,2-3,5-6H2. The van der Waals surface area contributed by atoms with Gasteiger partial charge in [0, 0.05) is 18.3 Å². The number of halogens is 4. The Balaban J connectivity index is 2.14. The molecule has 1 aliphatic rings. The summed E-state index contributed by atoms with van der Waals surface area (Å²) in [6, 6.07) is 4.13. The molecule has 0 radical (unpaired) electrons. The highest BCUT2D eigenvalue weighted by molar-refractivity contribution is 6.17. The fraction of sp³-hybridized carbons (Fsp3) is 0.462. The summed E-state index contributed by atoms with van der Waals surface area (Å²) in [6.07, 6.45) is -1.64. The fourth-order valence-electron chi connectivity index (χ4n) is 2.33. The van der Waals surface area contributed by atoms with E-state index in [1.165, 1.54) is 6.07 Å². The van der Waals surface area contributed by atoms with Crippen molar-refractivity contribution in [2.45, 2.75) is 31.5 Å². The molecule has 1 aliphatic carbocycles. The number of nitrogens with zero attached hydrogens (tertiary/aromatic N) is 2. The molecule has 0 atom stereocenters. The average molecular weight is 289 g/mol. The zero-order valence-corrected chi connectivity index (χ0v) is 10.8. The van der Waals surface area contributed by atoms with Crippen molar-refractivity contribution in [1.82, 2.24) is 9.55 Å². The second-order valence-corrected chi connectivity index (χ2v) is 5.15. The van der Waals surface area contributed by atoms with E-state index in [9.17, 15) is 13.2 Å². The van der Waals surface area contributed by atoms with Gasteiger partial charge in [-0.25, -0.2) is 4.98 Å². The number of fused-ring (bicyclic) bond motifs is 1. The summed E-state index contributed by atoms with van der Waals surface area (Å²) in [5.74, 6) is 1.20. The lowest BCUT2D eigenvalue weighted by atomic mass is 10.2. The Kier molecular flexibility index (Phi) is 2.96. The monoisotopic (exact) mass is 288 g/mol. The summed E-state index contributed by atoms with van der Waals surface area (Å²) in [4.78, 5) is 4.32. The molecule has 2 nitrogen and oxygen atoms in total. The third-order valence-electron chi connectivity index (χ3n) is 3.32. The van der Waals surface area contributed by atoms with Gasteiger partial charge in [-0.3, -0.25) is 0 Å². The predicted molar refractivity (Wildman–Crippen MR) is 67.4 cm³/mol. The normalized spacial score (nSPS) is 16.2. The SMILES string of the molecule is FC(F)(F)c1ccc2c(c1)nc(CCCl)n2C1CC1. The van der Waals surface area contributed by atoms with Crippen molar-refractivity contribution in [1.29, 1.82) is 0 Å². The fourth-order valence-corrected chi connectivity index (χ4v) is 2.50. The molecule has 19 heavy (non-hydrogen) atoms. The first-order chi connectivity index (χ1) is 9.00. The number of imidazole rings is 1. The summed E-state index contributed by atoms with van der Waals surface area (Å²) in [7, 11) is 0. The minimum Gasteiger partial charge on any atom is -0.325 e. The van der Waals surface area contributed by atoms with Crippen molar-refractivity contribution in [3.8, 4) is 0 Å². The molecule has 0 aliphatic heterocycles. The molecular weight excluding hydrogens is 277 g/mol. The maximum Gasteiger partial charge on any atom is 0.416 e. The summed E-state index contributed by atoms with van der Waals surface area (Å²) in [5.41, 5.74) is 0.523. The lowest BCUT2D eigenvalue weighted by Gasteiger charge is -2.08. The van der Waals surface area contributed by atoms with Crippen LogP contribution in [0.4, 0.5) is 13.2 Å². The van der Waals surface area contributed by atoms with Crippen LogP contribution in [-0.4, -0.2) is 15.4 Å². The molecule has 102 valence electrons. The Bertz CT molecular complexity index is 614. The molecule has 1 heterocycles. The van der Waals surface area contributed by atoms with Crippen LogP contribution in [0.25, 0.3) is 11.0 Å². The minimum absolute atomic E-state index is 0.375. The second kappa shape index (κ2) is 4.40. The van der Waals surface area contributed by atoms with Crippen LogP contribution in [-0.2, 0) is 12.6 Å². The first-order valence-corrected chi connectivity index (χ1v) is 6.68. The van der Waals surface area contributed by atoms with Gasteiger partial charge in [-0.2, -0.15) is 13.2 Å². The van der Waals surface area contributed by atoms with Gasteiger partial charge in [0.1, 0.15) is 5.82 Å². The lowest BCUT2D eigenvalue weighted by molar-refractivity contribution is -0.137. The van der Waals surface area contributed by atoms with Crippen LogP contribution in [0.3, 0.4) is 0 Å². The molecule has 1 aromatic heterocycles. The Morgan fingerprint density at radius 2 is 2.05 bits per heavy atom. The Morgan fingerprint density at radius 1 is 1.32 bits per heavy atom. The molecule has 1 saturated carbocycles. The highest BCUT2D eigenvalue weighted by Gasteiger charge is 2.32. The summed E-state index contributed by atoms with van der Waals surface area (Å²) in [5, 5.41) is 0. The van der Waals surface area contributed by atoms with Crippen LogP contribution < -0.4 is 0 Å². The largest absolute Gasteiger partial charge is 0.416 e. The summed E-state index contributed by atoms with van der Waals surface area (Å²) < 4.78 is 40.1. The van der Waals surface area contributed by atoms with Crippen molar-refractivity contribution in [2.24, 2.45) is 0 Å². The molecule has 6 heteroatoms. The number of benzene rings is 1. The number of alkyl halides is 4. The zero-order chi connectivity index (χ0) is 13.6. The van der Waals surface area contributed by atoms with Gasteiger partial charge in [0.2, 0.25) is 0 Å². The van der Waals surface area contributed by atoms with E-state index in [1.807, 2.05) is 4.57 Å². The van der Waals surface area contributed by atoms with E-state index in [2.05, 4.69) is 4.98 Å². The summed E-state index contributed by atoms with van der Waals surface area (Å²) in [6.45, 7) is 0. The van der Waals surface area contributed by atoms with Gasteiger partial charge in [0.15, 0.2) is 0 Å². The molecule has 1 fully saturated rings. The van der Waals surface area contributed by atoms with E-state index in [1.54, 1.807) is 0 Å². The topological polar surface area (TPSA) is 17.8 Å². The average Bonchev–Trinajstić information content (AvgIpc) is 3.09. The minimum atomic E-state index is -4.33. The van der Waals surface area contributed by atoms with E-state index in [0.29, 0.717) is 23.9 Å². The van der Waals surface area contributed by atoms with Crippen molar-refractivity contribution in [2.75, 3.05) is 5.88 Å². The Labute approximate surface area is 113 Å². The highest BCUT2D eigenvalue weighted by Crippen LogP contribution is 2.40. The maximum atomic E-state index is 12.7. The third kappa shape index (κ3) is 2.31. The molecular formula is C13H12ClF3N2. The van der Waals surface area contributed by atoms with E-state index >= 15 is 0 Å². The Hall–Kier alpha value is -1.23. The third-order valence-corrected chi connectivity index (χ3v) is 3.51. The van der Waals surface area contributed by atoms with Crippen molar-refractivity contribution in [3.63, 3.8) is 0 Å². The van der Waals surface area contributed by atoms with Crippen LogP contribution in [0.1, 0.15) is 30.3 Å². The Morgan fingerprint density at radius 3 is 2.63 bits per heavy atom. The smallest absolute Gasteiger partial charge is 0.325 e. The van der Waals surface area contributed by atoms with Crippen molar-refractivity contribution >= 4 is 22.6 Å². The lowest BCUT2D eigenvalue weighted by Crippen LogP contribution is -2.04. The molecule has 2 aromatic rings. The van der Waals surface area contributed by atoms with E-state index in [0.717, 1.165) is 36.3 Å². The van der Waals surface area contributed by atoms with Gasteiger partial charge < -0.3 is 4.57 Å². The van der Waals surface area contributed by atoms with Gasteiger partial charge in [-0.1, -0.05) is 0 Å². The molecule has 3 rings (SSSR count). The van der Waals surface area contributed by atoms with E-state index < -0.39 is 11.7 Å². The zero-order valence-electron chi connectivity index (χ0n) is 10.0. The van der Waals surface area contributed by atoms with Crippen molar-refractivity contribution < 1.29 is 13.2 Å².